The van der Waals surface area contributed by atoms with Crippen molar-refractivity contribution >= 4 is 38.9 Å². The Hall–Kier alpha value is -2.70. The van der Waals surface area contributed by atoms with Gasteiger partial charge in [-0.15, -0.1) is 0 Å². The van der Waals surface area contributed by atoms with E-state index in [1.165, 1.54) is 5.56 Å². The van der Waals surface area contributed by atoms with Crippen molar-refractivity contribution < 1.29 is 0 Å². The second-order valence-corrected chi connectivity index (χ2v) is 7.83. The van der Waals surface area contributed by atoms with Crippen LogP contribution in [-0.2, 0) is 0 Å². The molecule has 0 amide bonds. The van der Waals surface area contributed by atoms with E-state index in [4.69, 9.17) is 21.6 Å². The number of aromatic nitrogens is 5. The highest BCUT2D eigenvalue weighted by Crippen LogP contribution is 2.34. The maximum atomic E-state index is 6.12. The first-order valence-electron chi connectivity index (χ1n) is 8.17. The number of aryl methyl sites for hydroxylation is 2. The van der Waals surface area contributed by atoms with E-state index >= 15 is 0 Å². The molecule has 0 bridgehead atoms. The van der Waals surface area contributed by atoms with Crippen molar-refractivity contribution in [3.63, 3.8) is 0 Å². The van der Waals surface area contributed by atoms with Gasteiger partial charge in [-0.05, 0) is 32.0 Å². The third kappa shape index (κ3) is 2.41. The molecule has 0 fully saturated rings. The molecule has 5 aromatic rings. The van der Waals surface area contributed by atoms with E-state index in [9.17, 15) is 0 Å². The second-order valence-electron chi connectivity index (χ2n) is 6.24. The van der Waals surface area contributed by atoms with Crippen LogP contribution < -0.4 is 0 Å². The van der Waals surface area contributed by atoms with E-state index in [1.54, 1.807) is 11.3 Å². The second kappa shape index (κ2) is 5.65. The van der Waals surface area contributed by atoms with Crippen LogP contribution in [0.15, 0.2) is 42.5 Å². The summed E-state index contributed by atoms with van der Waals surface area (Å²) in [6.07, 6.45) is 0. The van der Waals surface area contributed by atoms with Crippen LogP contribution in [0.3, 0.4) is 0 Å². The van der Waals surface area contributed by atoms with Gasteiger partial charge in [0.2, 0.25) is 4.96 Å². The molecular weight excluding hydrogens is 366 g/mol. The minimum atomic E-state index is 0.675. The number of aromatic amines is 1. The fourth-order valence-corrected chi connectivity index (χ4v) is 3.98. The Morgan fingerprint density at radius 3 is 2.65 bits per heavy atom. The number of benzene rings is 2. The molecule has 26 heavy (non-hydrogen) atoms. The van der Waals surface area contributed by atoms with Crippen LogP contribution in [0.2, 0.25) is 5.02 Å². The Morgan fingerprint density at radius 1 is 1.04 bits per heavy atom. The average Bonchev–Trinajstić information content (AvgIpc) is 3.26. The van der Waals surface area contributed by atoms with Crippen LogP contribution in [-0.4, -0.2) is 24.6 Å². The normalized spacial score (nSPS) is 11.7. The quantitative estimate of drug-likeness (QED) is 0.454. The standard InChI is InChI=1S/C19H14ClN5S/c1-10-3-5-12(6-4-10)16-17(25-19(23-16)26-11(2)24-25)18-21-14-8-7-13(20)9-15(14)22-18/h3-9H,1-2H3,(H,21,22). The highest BCUT2D eigenvalue weighted by atomic mass is 35.5. The zero-order valence-corrected chi connectivity index (χ0v) is 15.7. The molecular formula is C19H14ClN5S. The van der Waals surface area contributed by atoms with Crippen molar-refractivity contribution in [3.05, 3.63) is 58.1 Å². The Labute approximate surface area is 158 Å². The molecule has 0 saturated heterocycles. The van der Waals surface area contributed by atoms with E-state index < -0.39 is 0 Å². The van der Waals surface area contributed by atoms with Gasteiger partial charge in [-0.1, -0.05) is 52.8 Å². The number of nitrogens with zero attached hydrogens (tertiary/aromatic N) is 4. The zero-order chi connectivity index (χ0) is 17.8. The summed E-state index contributed by atoms with van der Waals surface area (Å²) < 4.78 is 1.87. The minimum absolute atomic E-state index is 0.675. The van der Waals surface area contributed by atoms with E-state index in [0.717, 1.165) is 43.8 Å². The van der Waals surface area contributed by atoms with Crippen LogP contribution in [0.25, 0.3) is 38.8 Å². The molecule has 5 rings (SSSR count). The summed E-state index contributed by atoms with van der Waals surface area (Å²) in [6, 6.07) is 14.0. The molecule has 0 aliphatic heterocycles. The van der Waals surface area contributed by atoms with Gasteiger partial charge in [-0.2, -0.15) is 9.61 Å². The van der Waals surface area contributed by atoms with Gasteiger partial charge in [0.1, 0.15) is 16.4 Å². The van der Waals surface area contributed by atoms with Crippen molar-refractivity contribution in [3.8, 4) is 22.8 Å². The largest absolute Gasteiger partial charge is 0.337 e. The predicted octanol–water partition coefficient (Wildman–Crippen LogP) is 5.27. The lowest BCUT2D eigenvalue weighted by atomic mass is 10.1. The van der Waals surface area contributed by atoms with Crippen molar-refractivity contribution in [2.24, 2.45) is 0 Å². The maximum Gasteiger partial charge on any atom is 0.213 e. The Balaban J connectivity index is 1.81. The van der Waals surface area contributed by atoms with Gasteiger partial charge in [0, 0.05) is 10.6 Å². The molecule has 3 aromatic heterocycles. The molecule has 3 heterocycles. The van der Waals surface area contributed by atoms with Crippen LogP contribution in [0.4, 0.5) is 0 Å². The molecule has 0 aliphatic rings. The van der Waals surface area contributed by atoms with E-state index in [0.29, 0.717) is 5.02 Å². The number of imidazole rings is 2. The van der Waals surface area contributed by atoms with E-state index in [1.807, 2.05) is 29.6 Å². The van der Waals surface area contributed by atoms with Gasteiger partial charge >= 0.3 is 0 Å². The topological polar surface area (TPSA) is 58.9 Å². The molecule has 0 unspecified atom stereocenters. The summed E-state index contributed by atoms with van der Waals surface area (Å²) in [5.74, 6) is 0.732. The lowest BCUT2D eigenvalue weighted by Gasteiger charge is -2.02. The fourth-order valence-electron chi connectivity index (χ4n) is 3.06. The Bertz CT molecular complexity index is 1260. The molecule has 5 nitrogen and oxygen atoms in total. The fraction of sp³-hybridized carbons (Fsp3) is 0.105. The SMILES string of the molecule is Cc1ccc(-c2nc3sc(C)nn3c2-c2nc3ccc(Cl)cc3[nH]2)cc1. The molecule has 0 spiro atoms. The van der Waals surface area contributed by atoms with Crippen molar-refractivity contribution in [2.45, 2.75) is 13.8 Å². The summed E-state index contributed by atoms with van der Waals surface area (Å²) in [6.45, 7) is 4.05. The molecule has 1 N–H and O–H groups in total. The third-order valence-electron chi connectivity index (χ3n) is 4.30. The average molecular weight is 380 g/mol. The van der Waals surface area contributed by atoms with Gasteiger partial charge < -0.3 is 4.98 Å². The number of fused-ring (bicyclic) bond motifs is 2. The monoisotopic (exact) mass is 379 g/mol. The van der Waals surface area contributed by atoms with Gasteiger partial charge in [0.25, 0.3) is 0 Å². The third-order valence-corrected chi connectivity index (χ3v) is 5.36. The van der Waals surface area contributed by atoms with Crippen molar-refractivity contribution in [2.75, 3.05) is 0 Å². The van der Waals surface area contributed by atoms with Crippen LogP contribution in [0.1, 0.15) is 10.6 Å². The predicted molar refractivity (Wildman–Crippen MR) is 106 cm³/mol. The Kier molecular flexibility index (Phi) is 3.38. The number of H-pyrrole nitrogens is 1. The van der Waals surface area contributed by atoms with Gasteiger partial charge in [0.05, 0.1) is 11.0 Å². The van der Waals surface area contributed by atoms with E-state index in [2.05, 4.69) is 41.3 Å². The highest BCUT2D eigenvalue weighted by molar-refractivity contribution is 7.16. The minimum Gasteiger partial charge on any atom is -0.337 e. The lowest BCUT2D eigenvalue weighted by Crippen LogP contribution is -1.93. The van der Waals surface area contributed by atoms with Crippen LogP contribution in [0, 0.1) is 13.8 Å². The van der Waals surface area contributed by atoms with Gasteiger partial charge in [0.15, 0.2) is 5.82 Å². The summed E-state index contributed by atoms with van der Waals surface area (Å²) in [7, 11) is 0. The number of nitrogens with one attached hydrogen (secondary N) is 1. The first-order chi connectivity index (χ1) is 12.6. The lowest BCUT2D eigenvalue weighted by molar-refractivity contribution is 0.945. The number of hydrogen-bond donors (Lipinski definition) is 1. The highest BCUT2D eigenvalue weighted by Gasteiger charge is 2.21. The molecule has 0 radical (unpaired) electrons. The first-order valence-corrected chi connectivity index (χ1v) is 9.37. The van der Waals surface area contributed by atoms with Crippen molar-refractivity contribution in [1.82, 2.24) is 24.6 Å². The summed E-state index contributed by atoms with van der Waals surface area (Å²) >= 11 is 7.68. The zero-order valence-electron chi connectivity index (χ0n) is 14.1. The van der Waals surface area contributed by atoms with Crippen LogP contribution >= 0.6 is 22.9 Å². The molecule has 128 valence electrons. The van der Waals surface area contributed by atoms with Crippen LogP contribution in [0.5, 0.6) is 0 Å². The summed E-state index contributed by atoms with van der Waals surface area (Å²) in [5, 5.41) is 6.26. The molecule has 0 atom stereocenters. The molecule has 0 aliphatic carbocycles. The first kappa shape index (κ1) is 15.5. The van der Waals surface area contributed by atoms with E-state index in [-0.39, 0.29) is 0 Å². The van der Waals surface area contributed by atoms with Gasteiger partial charge in [-0.3, -0.25) is 0 Å². The maximum absolute atomic E-state index is 6.12. The number of halogens is 1. The molecule has 0 saturated carbocycles. The summed E-state index contributed by atoms with van der Waals surface area (Å²) in [5.41, 5.74) is 5.74. The Morgan fingerprint density at radius 2 is 1.85 bits per heavy atom. The molecule has 7 heteroatoms. The summed E-state index contributed by atoms with van der Waals surface area (Å²) in [4.78, 5) is 13.8. The smallest absolute Gasteiger partial charge is 0.213 e. The van der Waals surface area contributed by atoms with Gasteiger partial charge in [-0.25, -0.2) is 9.97 Å². The molecule has 2 aromatic carbocycles. The number of hydrogen-bond acceptors (Lipinski definition) is 4. The number of rotatable bonds is 2. The van der Waals surface area contributed by atoms with Crippen molar-refractivity contribution in [1.29, 1.82) is 0 Å².